The molecule has 0 spiro atoms. The summed E-state index contributed by atoms with van der Waals surface area (Å²) in [6.45, 7) is 35.8. The second-order valence-corrected chi connectivity index (χ2v) is 49.1. The summed E-state index contributed by atoms with van der Waals surface area (Å²) in [5.41, 5.74) is 0. The highest BCUT2D eigenvalue weighted by atomic mass is 79.9. The monoisotopic (exact) mass is 1380 g/mol. The Labute approximate surface area is 519 Å². The molecule has 0 saturated heterocycles. The molecule has 448 valence electrons. The molecule has 1 aliphatic heterocycles. The molecule has 4 aromatic rings. The van der Waals surface area contributed by atoms with Crippen LogP contribution in [0.4, 0.5) is 13.2 Å². The molecule has 0 aromatic carbocycles. The van der Waals surface area contributed by atoms with Crippen molar-refractivity contribution >= 4 is 143 Å². The molecule has 5 heterocycles. The highest BCUT2D eigenvalue weighted by Crippen LogP contribution is 2.44. The standard InChI is InChI=1S/C28H46S2Si.C20H42Cl2Si.C12H14Br2S2Si.C2HF3O2/c1-21(2)9-7-11-23(5)15-19-31(20-16-24(6)12-8-10-22(3)4)25-13-17-29-27(25)28-26(31)14-18-30-28;1-17(2)9-7-11-19(5)13-15-23(21,22)16-14-20(6)12-8-10-18(3)4;1-7-5-8(13)11(15-7)12-9(14)6-10(16-12)17(2,3)4;3-2(4,5)1(6)7/h13-14,17-18,21-24H,7-12,15-16,19-20H2,1-6H3;17-20H,7-16H2,1-6H3;5-6H,1-4H3;(H,6,7). The summed E-state index contributed by atoms with van der Waals surface area (Å²) in [7, 11) is -2.81. The van der Waals surface area contributed by atoms with Gasteiger partial charge in [0.25, 0.3) is 6.69 Å². The van der Waals surface area contributed by atoms with Crippen LogP contribution < -0.4 is 14.9 Å². The van der Waals surface area contributed by atoms with E-state index in [1.54, 1.807) is 14.3 Å². The number of hydrogen-bond donors (Lipinski definition) is 1. The Kier molecular flexibility index (Phi) is 34.6. The number of aliphatic carboxylic acids is 1. The SMILES string of the molecule is CC(C)CCCC(C)CC[Si](Cl)(Cl)CCC(C)CCCC(C)C.CC(C)CCCC(C)CC[Si]1(CCC(C)CCCC(C)C)c2ccsc2-c2sccc21.Cc1cc(Br)c(-c2sc([Si](C)(C)C)cc2Br)s1.O=C(O)C(F)(F)F. The van der Waals surface area contributed by atoms with Crippen molar-refractivity contribution in [2.24, 2.45) is 47.3 Å². The van der Waals surface area contributed by atoms with Crippen LogP contribution in [0.25, 0.3) is 19.5 Å². The van der Waals surface area contributed by atoms with Crippen molar-refractivity contribution in [3.05, 3.63) is 48.8 Å². The second-order valence-electron chi connectivity index (χ2n) is 26.0. The van der Waals surface area contributed by atoms with Crippen LogP contribution in [-0.4, -0.2) is 40.1 Å². The Morgan fingerprint density at radius 2 is 0.897 bits per heavy atom. The van der Waals surface area contributed by atoms with Gasteiger partial charge in [0, 0.05) is 23.6 Å². The second kappa shape index (κ2) is 36.3. The van der Waals surface area contributed by atoms with E-state index in [9.17, 15) is 13.2 Å². The Bertz CT molecular complexity index is 2190. The Morgan fingerprint density at radius 1 is 0.564 bits per heavy atom. The fourth-order valence-electron chi connectivity index (χ4n) is 10.2. The third-order valence-corrected chi connectivity index (χ3v) is 34.8. The molecule has 1 aliphatic rings. The van der Waals surface area contributed by atoms with Crippen molar-refractivity contribution < 1.29 is 23.1 Å². The minimum absolute atomic E-state index is 0.779. The molecule has 2 nitrogen and oxygen atoms in total. The van der Waals surface area contributed by atoms with Crippen LogP contribution in [0.15, 0.2) is 44.0 Å². The quantitative estimate of drug-likeness (QED) is 0.0417. The molecule has 0 radical (unpaired) electrons. The summed E-state index contributed by atoms with van der Waals surface area (Å²) >= 11 is 28.6. The van der Waals surface area contributed by atoms with Gasteiger partial charge in [-0.3, -0.25) is 0 Å². The van der Waals surface area contributed by atoms with Crippen LogP contribution in [0.3, 0.4) is 0 Å². The van der Waals surface area contributed by atoms with Gasteiger partial charge in [-0.2, -0.15) is 13.2 Å². The van der Waals surface area contributed by atoms with E-state index in [2.05, 4.69) is 177 Å². The van der Waals surface area contributed by atoms with E-state index >= 15 is 0 Å². The topological polar surface area (TPSA) is 37.3 Å². The number of aryl methyl sites for hydroxylation is 1. The minimum Gasteiger partial charge on any atom is -0.475 e. The molecule has 78 heavy (non-hydrogen) atoms. The van der Waals surface area contributed by atoms with E-state index < -0.39 is 35.0 Å². The first-order valence-electron chi connectivity index (χ1n) is 29.6. The van der Waals surface area contributed by atoms with Crippen molar-refractivity contribution in [1.82, 2.24) is 0 Å². The van der Waals surface area contributed by atoms with Gasteiger partial charge in [-0.1, -0.05) is 218 Å². The summed E-state index contributed by atoms with van der Waals surface area (Å²) in [6.07, 6.45) is 16.7. The number of carboxylic acids is 1. The van der Waals surface area contributed by atoms with Crippen molar-refractivity contribution in [2.45, 2.75) is 243 Å². The number of alkyl halides is 3. The summed E-state index contributed by atoms with van der Waals surface area (Å²) in [5.74, 6) is 3.90. The zero-order valence-corrected chi connectivity index (χ0v) is 61.8. The first-order chi connectivity index (χ1) is 36.2. The number of carboxylic acid groups (broad SMARTS) is 1. The number of fused-ring (bicyclic) bond motifs is 3. The van der Waals surface area contributed by atoms with E-state index in [1.807, 2.05) is 55.7 Å². The van der Waals surface area contributed by atoms with Crippen LogP contribution >= 0.6 is 99.4 Å². The Balaban J connectivity index is 0.000000390. The van der Waals surface area contributed by atoms with Crippen molar-refractivity contribution in [3.8, 4) is 19.5 Å². The molecule has 4 unspecified atom stereocenters. The van der Waals surface area contributed by atoms with E-state index in [-0.39, 0.29) is 0 Å². The van der Waals surface area contributed by atoms with Gasteiger partial charge in [-0.15, -0.1) is 67.5 Å². The van der Waals surface area contributed by atoms with Gasteiger partial charge >= 0.3 is 12.1 Å². The molecule has 4 aromatic heterocycles. The lowest BCUT2D eigenvalue weighted by atomic mass is 9.98. The van der Waals surface area contributed by atoms with Crippen LogP contribution in [-0.2, 0) is 4.79 Å². The highest BCUT2D eigenvalue weighted by molar-refractivity contribution is 9.11. The number of thiophene rings is 4. The summed E-state index contributed by atoms with van der Waals surface area (Å²) in [5, 5.41) is 15.5. The van der Waals surface area contributed by atoms with Crippen molar-refractivity contribution in [1.29, 1.82) is 0 Å². The zero-order chi connectivity index (χ0) is 59.2. The van der Waals surface area contributed by atoms with Gasteiger partial charge < -0.3 is 5.11 Å². The Hall–Kier alpha value is 0.251. The summed E-state index contributed by atoms with van der Waals surface area (Å²) in [4.78, 5) is 16.3. The average Bonchev–Trinajstić information content (AvgIpc) is 4.17. The van der Waals surface area contributed by atoms with Gasteiger partial charge in [-0.05, 0) is 148 Å². The summed E-state index contributed by atoms with van der Waals surface area (Å²) < 4.78 is 35.7. The number of hydrogen-bond acceptors (Lipinski definition) is 5. The number of carbonyl (C=O) groups is 1. The molecule has 0 saturated carbocycles. The lowest BCUT2D eigenvalue weighted by Crippen LogP contribution is -2.54. The molecule has 16 heteroatoms. The molecule has 0 aliphatic carbocycles. The maximum Gasteiger partial charge on any atom is 0.490 e. The largest absolute Gasteiger partial charge is 0.490 e. The maximum absolute atomic E-state index is 10.6. The fraction of sp³-hybridized carbons (Fsp3) is 0.726. The van der Waals surface area contributed by atoms with Gasteiger partial charge in [0.05, 0.1) is 17.8 Å². The van der Waals surface area contributed by atoms with E-state index in [4.69, 9.17) is 32.1 Å². The lowest BCUT2D eigenvalue weighted by Gasteiger charge is -2.31. The van der Waals surface area contributed by atoms with Crippen molar-refractivity contribution in [2.75, 3.05) is 0 Å². The van der Waals surface area contributed by atoms with E-state index in [1.165, 1.54) is 138 Å². The third-order valence-electron chi connectivity index (χ3n) is 15.3. The van der Waals surface area contributed by atoms with Crippen LogP contribution in [0.1, 0.15) is 191 Å². The molecule has 5 rings (SSSR count). The zero-order valence-electron chi connectivity index (χ0n) is 50.9. The molecular formula is C62H103Br2Cl2F3O2S4Si3. The predicted octanol–water partition coefficient (Wildman–Crippen LogP) is 24.2. The molecule has 1 N–H and O–H groups in total. The van der Waals surface area contributed by atoms with Gasteiger partial charge in [-0.25, -0.2) is 4.79 Å². The first kappa shape index (κ1) is 74.4. The molecule has 0 fully saturated rings. The average molecular weight is 1380 g/mol. The number of rotatable bonds is 30. The van der Waals surface area contributed by atoms with Crippen LogP contribution in [0, 0.1) is 54.3 Å². The maximum atomic E-state index is 10.6. The molecular weight excluding hydrogens is 1280 g/mol. The normalized spacial score (nSPS) is 14.8. The van der Waals surface area contributed by atoms with Crippen LogP contribution in [0.2, 0.25) is 43.8 Å². The predicted molar refractivity (Wildman–Crippen MR) is 364 cm³/mol. The highest BCUT2D eigenvalue weighted by Gasteiger charge is 2.46. The summed E-state index contributed by atoms with van der Waals surface area (Å²) in [6, 6.07) is 14.7. The first-order valence-corrected chi connectivity index (χ1v) is 44.9. The smallest absolute Gasteiger partial charge is 0.475 e. The molecule has 0 amide bonds. The molecule has 0 bridgehead atoms. The third kappa shape index (κ3) is 28.0. The minimum atomic E-state index is -5.08. The van der Waals surface area contributed by atoms with Gasteiger partial charge in [0.1, 0.15) is 8.07 Å². The molecule has 4 atom stereocenters. The van der Waals surface area contributed by atoms with Crippen molar-refractivity contribution in [3.63, 3.8) is 0 Å². The van der Waals surface area contributed by atoms with Crippen LogP contribution in [0.5, 0.6) is 0 Å². The lowest BCUT2D eigenvalue weighted by molar-refractivity contribution is -0.192. The fourth-order valence-corrected chi connectivity index (χ4v) is 29.0. The number of halogens is 7. The van der Waals surface area contributed by atoms with Gasteiger partial charge in [0.2, 0.25) is 0 Å². The van der Waals surface area contributed by atoms with E-state index in [0.717, 1.165) is 59.4 Å². The Morgan fingerprint density at radius 3 is 1.19 bits per heavy atom. The van der Waals surface area contributed by atoms with E-state index in [0.29, 0.717) is 0 Å². The van der Waals surface area contributed by atoms with Gasteiger partial charge in [0.15, 0.2) is 0 Å².